The molecule has 40 heavy (non-hydrogen) atoms. The summed E-state index contributed by atoms with van der Waals surface area (Å²) in [5, 5.41) is 0.344. The zero-order valence-electron chi connectivity index (χ0n) is 21.9. The molecule has 2 fully saturated rings. The first-order chi connectivity index (χ1) is 19.2. The fraction of sp³-hybridized carbons (Fsp3) is 0.357. The summed E-state index contributed by atoms with van der Waals surface area (Å²) < 4.78 is 6.83. The summed E-state index contributed by atoms with van der Waals surface area (Å²) in [6.45, 7) is 1.75. The summed E-state index contributed by atoms with van der Waals surface area (Å²) in [6, 6.07) is 14.4. The Balaban J connectivity index is 1.43. The largest absolute Gasteiger partial charge is 0.378 e. The summed E-state index contributed by atoms with van der Waals surface area (Å²) >= 11 is 8.33. The number of hydrogen-bond acceptors (Lipinski definition) is 8. The highest BCUT2D eigenvalue weighted by Gasteiger charge is 2.56. The van der Waals surface area contributed by atoms with Gasteiger partial charge in [0.2, 0.25) is 17.7 Å². The quantitative estimate of drug-likeness (QED) is 0.416. The minimum Gasteiger partial charge on any atom is -0.378 e. The van der Waals surface area contributed by atoms with Gasteiger partial charge in [-0.25, -0.2) is 4.90 Å². The predicted molar refractivity (Wildman–Crippen MR) is 156 cm³/mol. The Hall–Kier alpha value is -3.12. The maximum atomic E-state index is 14.0. The second-order valence-electron chi connectivity index (χ2n) is 10.1. The molecule has 3 aromatic rings. The SMILES string of the molecule is CN(C)c1ccc(C2c3sc(=O)n(CC(=O)N4CCOCC4)c3SC3C(=O)N(c4ccc(Cl)cc4)C(=O)C32)cc1. The van der Waals surface area contributed by atoms with Crippen LogP contribution in [-0.4, -0.2) is 72.8 Å². The van der Waals surface area contributed by atoms with Crippen LogP contribution in [0, 0.1) is 5.92 Å². The topological polar surface area (TPSA) is 92.2 Å². The van der Waals surface area contributed by atoms with E-state index >= 15 is 0 Å². The Morgan fingerprint density at radius 2 is 1.68 bits per heavy atom. The van der Waals surface area contributed by atoms with Crippen molar-refractivity contribution < 1.29 is 19.1 Å². The fourth-order valence-corrected chi connectivity index (χ4v) is 8.39. The van der Waals surface area contributed by atoms with Crippen molar-refractivity contribution in [3.63, 3.8) is 0 Å². The van der Waals surface area contributed by atoms with Gasteiger partial charge in [0.25, 0.3) is 0 Å². The van der Waals surface area contributed by atoms with Gasteiger partial charge in [0, 0.05) is 48.7 Å². The highest BCUT2D eigenvalue weighted by atomic mass is 35.5. The number of imide groups is 1. The normalized spacial score (nSPS) is 22.3. The van der Waals surface area contributed by atoms with Crippen LogP contribution < -0.4 is 14.7 Å². The number of rotatable bonds is 5. The van der Waals surface area contributed by atoms with Crippen LogP contribution in [0.3, 0.4) is 0 Å². The molecule has 3 unspecified atom stereocenters. The minimum atomic E-state index is -0.743. The summed E-state index contributed by atoms with van der Waals surface area (Å²) in [6.07, 6.45) is 0. The fourth-order valence-electron chi connectivity index (χ4n) is 5.49. The smallest absolute Gasteiger partial charge is 0.308 e. The number of nitrogens with zero attached hydrogens (tertiary/aromatic N) is 4. The van der Waals surface area contributed by atoms with E-state index in [1.165, 1.54) is 21.2 Å². The first-order valence-corrected chi connectivity index (χ1v) is 15.0. The van der Waals surface area contributed by atoms with Crippen LogP contribution in [0.25, 0.3) is 0 Å². The van der Waals surface area contributed by atoms with Crippen molar-refractivity contribution in [2.45, 2.75) is 22.7 Å². The van der Waals surface area contributed by atoms with Gasteiger partial charge in [-0.2, -0.15) is 0 Å². The number of amides is 3. The van der Waals surface area contributed by atoms with E-state index in [0.717, 1.165) is 22.6 Å². The second-order valence-corrected chi connectivity index (χ2v) is 12.7. The number of hydrogen-bond donors (Lipinski definition) is 0. The van der Waals surface area contributed by atoms with Crippen LogP contribution in [-0.2, 0) is 25.7 Å². The van der Waals surface area contributed by atoms with Crippen molar-refractivity contribution in [1.29, 1.82) is 0 Å². The number of thioether (sulfide) groups is 1. The number of aromatic nitrogens is 1. The van der Waals surface area contributed by atoms with E-state index in [-0.39, 0.29) is 29.1 Å². The molecule has 2 saturated heterocycles. The molecule has 0 saturated carbocycles. The molecule has 1 aromatic heterocycles. The number of carbonyl (C=O) groups is 3. The number of anilines is 2. The van der Waals surface area contributed by atoms with E-state index < -0.39 is 17.1 Å². The van der Waals surface area contributed by atoms with Crippen molar-refractivity contribution >= 4 is 63.8 Å². The number of thiazole rings is 1. The lowest BCUT2D eigenvalue weighted by Gasteiger charge is -2.31. The van der Waals surface area contributed by atoms with Crippen LogP contribution in [0.2, 0.25) is 5.02 Å². The van der Waals surface area contributed by atoms with Gasteiger partial charge in [-0.3, -0.25) is 23.7 Å². The van der Waals surface area contributed by atoms with E-state index in [1.807, 2.05) is 43.3 Å². The Morgan fingerprint density at radius 3 is 2.33 bits per heavy atom. The van der Waals surface area contributed by atoms with Crippen LogP contribution in [0.5, 0.6) is 0 Å². The first-order valence-electron chi connectivity index (χ1n) is 12.9. The molecule has 9 nitrogen and oxygen atoms in total. The third-order valence-corrected chi connectivity index (χ3v) is 10.4. The maximum absolute atomic E-state index is 14.0. The number of fused-ring (bicyclic) bond motifs is 2. The molecule has 0 bridgehead atoms. The summed E-state index contributed by atoms with van der Waals surface area (Å²) in [7, 11) is 3.89. The lowest BCUT2D eigenvalue weighted by molar-refractivity contribution is -0.136. The second kappa shape index (κ2) is 10.7. The molecule has 3 amide bonds. The van der Waals surface area contributed by atoms with Crippen molar-refractivity contribution in [1.82, 2.24) is 9.47 Å². The zero-order valence-corrected chi connectivity index (χ0v) is 24.3. The van der Waals surface area contributed by atoms with Gasteiger partial charge >= 0.3 is 4.87 Å². The zero-order chi connectivity index (χ0) is 28.1. The van der Waals surface area contributed by atoms with E-state index in [2.05, 4.69) is 0 Å². The summed E-state index contributed by atoms with van der Waals surface area (Å²) in [5.74, 6) is -2.03. The average Bonchev–Trinajstić information content (AvgIpc) is 3.40. The summed E-state index contributed by atoms with van der Waals surface area (Å²) in [5.41, 5.74) is 2.29. The average molecular weight is 599 g/mol. The number of ether oxygens (including phenoxy) is 1. The molecule has 6 rings (SSSR count). The molecule has 12 heteroatoms. The van der Waals surface area contributed by atoms with Crippen molar-refractivity contribution in [3.8, 4) is 0 Å². The maximum Gasteiger partial charge on any atom is 0.308 e. The van der Waals surface area contributed by atoms with E-state index in [0.29, 0.717) is 46.9 Å². The number of halogens is 1. The molecule has 0 radical (unpaired) electrons. The molecular formula is C28H27ClN4O5S2. The van der Waals surface area contributed by atoms with Gasteiger partial charge < -0.3 is 14.5 Å². The van der Waals surface area contributed by atoms with Gasteiger partial charge in [0.1, 0.15) is 11.8 Å². The molecule has 3 aliphatic rings. The first kappa shape index (κ1) is 27.1. The van der Waals surface area contributed by atoms with Gasteiger partial charge in [0.05, 0.1) is 29.8 Å². The van der Waals surface area contributed by atoms with Crippen LogP contribution in [0.15, 0.2) is 58.4 Å². The molecule has 208 valence electrons. The molecule has 0 N–H and O–H groups in total. The van der Waals surface area contributed by atoms with Gasteiger partial charge in [0.15, 0.2) is 0 Å². The Bertz CT molecular complexity index is 1530. The third kappa shape index (κ3) is 4.64. The lowest BCUT2D eigenvalue weighted by Crippen LogP contribution is -2.43. The molecule has 3 atom stereocenters. The van der Waals surface area contributed by atoms with Crippen molar-refractivity contribution in [3.05, 3.63) is 73.7 Å². The number of benzene rings is 2. The Labute approximate surface area is 244 Å². The molecule has 0 aliphatic carbocycles. The van der Waals surface area contributed by atoms with E-state index in [1.54, 1.807) is 29.2 Å². The van der Waals surface area contributed by atoms with Gasteiger partial charge in [-0.15, -0.1) is 0 Å². The molecular weight excluding hydrogens is 572 g/mol. The number of morpholine rings is 1. The molecule has 0 spiro atoms. The van der Waals surface area contributed by atoms with Gasteiger partial charge in [-0.1, -0.05) is 46.8 Å². The third-order valence-electron chi connectivity index (χ3n) is 7.56. The Morgan fingerprint density at radius 1 is 1.00 bits per heavy atom. The van der Waals surface area contributed by atoms with Gasteiger partial charge in [-0.05, 0) is 42.0 Å². The highest BCUT2D eigenvalue weighted by Crippen LogP contribution is 2.54. The van der Waals surface area contributed by atoms with Crippen molar-refractivity contribution in [2.75, 3.05) is 50.2 Å². The summed E-state index contributed by atoms with van der Waals surface area (Å²) in [4.78, 5) is 59.6. The van der Waals surface area contributed by atoms with E-state index in [4.69, 9.17) is 16.3 Å². The molecule has 4 heterocycles. The highest BCUT2D eigenvalue weighted by molar-refractivity contribution is 8.00. The predicted octanol–water partition coefficient (Wildman–Crippen LogP) is 3.28. The van der Waals surface area contributed by atoms with Crippen LogP contribution in [0.4, 0.5) is 11.4 Å². The van der Waals surface area contributed by atoms with E-state index in [9.17, 15) is 19.2 Å². The standard InChI is InChI=1S/C28H27ClN4O5S2/c1-30(2)18-7-3-16(4-8-18)21-22-23(26(36)33(25(22)35)19-9-5-17(29)6-10-19)39-27-24(21)40-28(37)32(27)15-20(34)31-11-13-38-14-12-31/h3-10,21-23H,11-15H2,1-2H3. The van der Waals surface area contributed by atoms with Crippen LogP contribution in [0.1, 0.15) is 16.4 Å². The monoisotopic (exact) mass is 598 g/mol. The Kier molecular flexibility index (Phi) is 7.24. The lowest BCUT2D eigenvalue weighted by atomic mass is 9.83. The molecule has 3 aliphatic heterocycles. The molecule has 2 aromatic carbocycles. The number of carbonyl (C=O) groups excluding carboxylic acids is 3. The van der Waals surface area contributed by atoms with Crippen LogP contribution >= 0.6 is 34.7 Å². The van der Waals surface area contributed by atoms with Crippen molar-refractivity contribution in [2.24, 2.45) is 5.92 Å². The minimum absolute atomic E-state index is 0.121.